The zero-order chi connectivity index (χ0) is 16.5. The van der Waals surface area contributed by atoms with Gasteiger partial charge in [-0.05, 0) is 36.5 Å². The van der Waals surface area contributed by atoms with Gasteiger partial charge in [-0.1, -0.05) is 19.8 Å². The highest BCUT2D eigenvalue weighted by atomic mass is 16.5. The molecule has 4 rings (SSSR count). The molecule has 1 aliphatic heterocycles. The fourth-order valence-corrected chi connectivity index (χ4v) is 4.28. The van der Waals surface area contributed by atoms with Crippen LogP contribution < -0.4 is 0 Å². The van der Waals surface area contributed by atoms with Gasteiger partial charge in [0.05, 0.1) is 18.8 Å². The number of aromatic nitrogens is 2. The zero-order valence-corrected chi connectivity index (χ0v) is 14.2. The van der Waals surface area contributed by atoms with Crippen LogP contribution in [0, 0.1) is 0 Å². The van der Waals surface area contributed by atoms with Crippen molar-refractivity contribution < 1.29 is 9.53 Å². The molecule has 0 bridgehead atoms. The second-order valence-corrected chi connectivity index (χ2v) is 7.10. The van der Waals surface area contributed by atoms with Crippen molar-refractivity contribution in [2.75, 3.05) is 13.2 Å². The summed E-state index contributed by atoms with van der Waals surface area (Å²) in [6, 6.07) is 4.31. The number of nitrogens with one attached hydrogen (secondary N) is 1. The average Bonchev–Trinajstić information content (AvgIpc) is 3.05. The molecule has 0 radical (unpaired) electrons. The van der Waals surface area contributed by atoms with Gasteiger partial charge >= 0.3 is 0 Å². The number of H-pyrrole nitrogens is 1. The molecule has 3 heterocycles. The Kier molecular flexibility index (Phi) is 4.27. The van der Waals surface area contributed by atoms with Crippen molar-refractivity contribution in [2.24, 2.45) is 0 Å². The van der Waals surface area contributed by atoms with E-state index in [0.717, 1.165) is 30.4 Å². The standard InChI is InChI=1S/C19H25N3O2/c1-13(15-12-21-19-14(15)5-4-8-20-19)11-18(23)22-9-10-24-17-7-3-2-6-16(17)22/h4-5,8,12-13,16-17H,2-3,6-7,9-11H2,1H3,(H,20,21). The Labute approximate surface area is 142 Å². The van der Waals surface area contributed by atoms with Gasteiger partial charge in [-0.2, -0.15) is 0 Å². The van der Waals surface area contributed by atoms with Crippen molar-refractivity contribution in [2.45, 2.75) is 57.1 Å². The molecule has 2 aromatic rings. The van der Waals surface area contributed by atoms with Crippen LogP contribution in [0.1, 0.15) is 50.5 Å². The van der Waals surface area contributed by atoms with E-state index in [2.05, 4.69) is 27.9 Å². The Morgan fingerprint density at radius 2 is 2.33 bits per heavy atom. The minimum absolute atomic E-state index is 0.181. The van der Waals surface area contributed by atoms with Gasteiger partial charge in [0.2, 0.25) is 5.91 Å². The molecule has 24 heavy (non-hydrogen) atoms. The number of rotatable bonds is 3. The third kappa shape index (κ3) is 2.81. The number of nitrogens with zero attached hydrogens (tertiary/aromatic N) is 2. The van der Waals surface area contributed by atoms with Crippen LogP contribution in [0.4, 0.5) is 0 Å². The van der Waals surface area contributed by atoms with Crippen molar-refractivity contribution in [3.63, 3.8) is 0 Å². The lowest BCUT2D eigenvalue weighted by Gasteiger charge is -2.44. The van der Waals surface area contributed by atoms with E-state index in [0.29, 0.717) is 13.0 Å². The fraction of sp³-hybridized carbons (Fsp3) is 0.579. The van der Waals surface area contributed by atoms with Crippen molar-refractivity contribution in [3.8, 4) is 0 Å². The van der Waals surface area contributed by atoms with Crippen molar-refractivity contribution >= 4 is 16.9 Å². The molecule has 1 saturated heterocycles. The average molecular weight is 327 g/mol. The molecule has 2 aromatic heterocycles. The van der Waals surface area contributed by atoms with Gasteiger partial charge < -0.3 is 14.6 Å². The molecular weight excluding hydrogens is 302 g/mol. The summed E-state index contributed by atoms with van der Waals surface area (Å²) in [6.45, 7) is 3.55. The number of fused-ring (bicyclic) bond motifs is 2. The quantitative estimate of drug-likeness (QED) is 0.941. The minimum Gasteiger partial charge on any atom is -0.374 e. The summed E-state index contributed by atoms with van der Waals surface area (Å²) in [5.41, 5.74) is 2.07. The number of hydrogen-bond acceptors (Lipinski definition) is 3. The van der Waals surface area contributed by atoms with Gasteiger partial charge in [-0.3, -0.25) is 4.79 Å². The van der Waals surface area contributed by atoms with E-state index in [-0.39, 0.29) is 24.0 Å². The topological polar surface area (TPSA) is 58.2 Å². The van der Waals surface area contributed by atoms with Gasteiger partial charge in [0.15, 0.2) is 0 Å². The SMILES string of the molecule is CC(CC(=O)N1CCOC2CCCCC21)c1c[nH]c2ncccc12. The number of ether oxygens (including phenoxy) is 1. The number of pyridine rings is 1. The van der Waals surface area contributed by atoms with Gasteiger partial charge in [0.1, 0.15) is 5.65 Å². The van der Waals surface area contributed by atoms with Gasteiger partial charge in [0.25, 0.3) is 0 Å². The fourth-order valence-electron chi connectivity index (χ4n) is 4.28. The molecule has 5 heteroatoms. The Morgan fingerprint density at radius 3 is 3.25 bits per heavy atom. The monoisotopic (exact) mass is 327 g/mol. The molecule has 0 aromatic carbocycles. The molecule has 3 unspecified atom stereocenters. The maximum atomic E-state index is 12.9. The van der Waals surface area contributed by atoms with Crippen LogP contribution in [0.15, 0.2) is 24.5 Å². The molecule has 1 amide bonds. The summed E-state index contributed by atoms with van der Waals surface area (Å²) in [7, 11) is 0. The summed E-state index contributed by atoms with van der Waals surface area (Å²) in [5, 5.41) is 1.12. The lowest BCUT2D eigenvalue weighted by Crippen LogP contribution is -2.55. The normalized spacial score (nSPS) is 25.5. The summed E-state index contributed by atoms with van der Waals surface area (Å²) in [5.74, 6) is 0.446. The van der Waals surface area contributed by atoms with E-state index in [1.165, 1.54) is 18.4 Å². The molecule has 1 N–H and O–H groups in total. The Hall–Kier alpha value is -1.88. The number of aromatic amines is 1. The largest absolute Gasteiger partial charge is 0.374 e. The van der Waals surface area contributed by atoms with E-state index < -0.39 is 0 Å². The Morgan fingerprint density at radius 1 is 1.46 bits per heavy atom. The number of amides is 1. The number of carbonyl (C=O) groups excluding carboxylic acids is 1. The first kappa shape index (κ1) is 15.6. The highest BCUT2D eigenvalue weighted by Gasteiger charge is 2.36. The van der Waals surface area contributed by atoms with Crippen LogP contribution in [0.5, 0.6) is 0 Å². The van der Waals surface area contributed by atoms with E-state index in [1.807, 2.05) is 12.3 Å². The molecular formula is C19H25N3O2. The van der Waals surface area contributed by atoms with E-state index >= 15 is 0 Å². The first-order chi connectivity index (χ1) is 11.7. The molecule has 2 fully saturated rings. The number of hydrogen-bond donors (Lipinski definition) is 1. The van der Waals surface area contributed by atoms with Crippen LogP contribution in [0.25, 0.3) is 11.0 Å². The molecule has 5 nitrogen and oxygen atoms in total. The van der Waals surface area contributed by atoms with Crippen molar-refractivity contribution in [1.82, 2.24) is 14.9 Å². The third-order valence-electron chi connectivity index (χ3n) is 5.55. The summed E-state index contributed by atoms with van der Waals surface area (Å²) < 4.78 is 5.89. The van der Waals surface area contributed by atoms with Crippen LogP contribution in [-0.4, -0.2) is 46.1 Å². The zero-order valence-electron chi connectivity index (χ0n) is 14.2. The lowest BCUT2D eigenvalue weighted by atomic mass is 9.89. The Bertz CT molecular complexity index is 724. The molecule has 3 atom stereocenters. The number of carbonyl (C=O) groups is 1. The lowest BCUT2D eigenvalue weighted by molar-refractivity contribution is -0.149. The predicted molar refractivity (Wildman–Crippen MR) is 92.8 cm³/mol. The number of morpholine rings is 1. The maximum absolute atomic E-state index is 12.9. The highest BCUT2D eigenvalue weighted by Crippen LogP contribution is 2.31. The van der Waals surface area contributed by atoms with Gasteiger partial charge in [0, 0.05) is 30.7 Å². The molecule has 1 saturated carbocycles. The van der Waals surface area contributed by atoms with Crippen LogP contribution in [0.2, 0.25) is 0 Å². The molecule has 2 aliphatic rings. The van der Waals surface area contributed by atoms with Crippen LogP contribution in [-0.2, 0) is 9.53 Å². The predicted octanol–water partition coefficient (Wildman–Crippen LogP) is 3.23. The van der Waals surface area contributed by atoms with Crippen LogP contribution in [0.3, 0.4) is 0 Å². The van der Waals surface area contributed by atoms with Gasteiger partial charge in [-0.15, -0.1) is 0 Å². The Balaban J connectivity index is 1.48. The summed E-state index contributed by atoms with van der Waals surface area (Å²) in [6.07, 6.45) is 9.20. The van der Waals surface area contributed by atoms with Crippen molar-refractivity contribution in [3.05, 3.63) is 30.1 Å². The molecule has 1 aliphatic carbocycles. The van der Waals surface area contributed by atoms with Gasteiger partial charge in [-0.25, -0.2) is 4.98 Å². The second-order valence-electron chi connectivity index (χ2n) is 7.10. The third-order valence-corrected chi connectivity index (χ3v) is 5.55. The van der Waals surface area contributed by atoms with E-state index in [4.69, 9.17) is 4.74 Å². The van der Waals surface area contributed by atoms with Crippen LogP contribution >= 0.6 is 0 Å². The minimum atomic E-state index is 0.181. The van der Waals surface area contributed by atoms with E-state index in [9.17, 15) is 4.79 Å². The van der Waals surface area contributed by atoms with E-state index in [1.54, 1.807) is 6.20 Å². The first-order valence-electron chi connectivity index (χ1n) is 9.07. The summed E-state index contributed by atoms with van der Waals surface area (Å²) >= 11 is 0. The highest BCUT2D eigenvalue weighted by molar-refractivity contribution is 5.82. The first-order valence-corrected chi connectivity index (χ1v) is 9.07. The molecule has 128 valence electrons. The summed E-state index contributed by atoms with van der Waals surface area (Å²) in [4.78, 5) is 22.6. The van der Waals surface area contributed by atoms with Crippen molar-refractivity contribution in [1.29, 1.82) is 0 Å². The molecule has 0 spiro atoms. The second kappa shape index (κ2) is 6.55. The maximum Gasteiger partial charge on any atom is 0.223 e. The smallest absolute Gasteiger partial charge is 0.223 e.